The largest absolute Gasteiger partial charge is 0.316 e. The molecule has 0 saturated heterocycles. The van der Waals surface area contributed by atoms with E-state index in [9.17, 15) is 0 Å². The Morgan fingerprint density at radius 3 is 1.00 bits per heavy atom. The average molecular weight is 538 g/mol. The van der Waals surface area contributed by atoms with Crippen molar-refractivity contribution in [1.82, 2.24) is 0 Å². The second kappa shape index (κ2) is 64.8. The van der Waals surface area contributed by atoms with Gasteiger partial charge in [-0.2, -0.15) is 0 Å². The van der Waals surface area contributed by atoms with Crippen LogP contribution in [0.1, 0.15) is 0 Å². The first-order chi connectivity index (χ1) is 0. The van der Waals surface area contributed by atoms with E-state index in [0.717, 1.165) is 0 Å². The molecule has 0 bridgehead atoms. The van der Waals surface area contributed by atoms with E-state index in [4.69, 9.17) is 0 Å². The molecule has 0 atom stereocenters. The number of hydrogen-bond donors (Lipinski definition) is 0. The molecule has 0 aromatic carbocycles. The molecule has 0 aliphatic heterocycles. The molecule has 0 spiro atoms. The molecule has 0 aromatic rings. The average Bonchev–Trinajstić information content (AvgIpc) is 0. The van der Waals surface area contributed by atoms with Gasteiger partial charge in [0, 0.05) is 131 Å². The third-order valence-corrected chi connectivity index (χ3v) is 0. The summed E-state index contributed by atoms with van der Waals surface area (Å²) in [6.45, 7) is 0. The van der Waals surface area contributed by atoms with Crippen molar-refractivity contribution in [2.45, 2.75) is 0 Å². The molecule has 0 nitrogen and oxygen atoms in total. The van der Waals surface area contributed by atoms with Crippen LogP contribution in [0.25, 0.3) is 0 Å². The molecule has 3 radical (unpaired) electrons. The molecular formula is H4CaCdCoCuFeMgMnNiZn. The van der Waals surface area contributed by atoms with Crippen LogP contribution in [0.5, 0.6) is 0 Å². The molecule has 9 heavy (non-hydrogen) atoms. The van der Waals surface area contributed by atoms with Gasteiger partial charge in [0.05, 0.1) is 0 Å². The summed E-state index contributed by atoms with van der Waals surface area (Å²) < 4.78 is 0. The van der Waals surface area contributed by atoms with Crippen molar-refractivity contribution < 1.29 is 131 Å². The first-order valence-corrected chi connectivity index (χ1v) is 0. The van der Waals surface area contributed by atoms with Gasteiger partial charge in [-0.05, 0) is 0 Å². The Morgan fingerprint density at radius 1 is 1.00 bits per heavy atom. The van der Waals surface area contributed by atoms with Gasteiger partial charge in [-0.15, -0.1) is 0 Å². The van der Waals surface area contributed by atoms with Gasteiger partial charge >= 0.3 is 60.8 Å². The third kappa shape index (κ3) is 55.3. The second-order valence-corrected chi connectivity index (χ2v) is 0. The smallest absolute Gasteiger partial charge is 0 e. The summed E-state index contributed by atoms with van der Waals surface area (Å²) in [7, 11) is 0. The van der Waals surface area contributed by atoms with Gasteiger partial charge in [0.15, 0.2) is 0 Å². The van der Waals surface area contributed by atoms with Crippen molar-refractivity contribution in [1.29, 1.82) is 0 Å². The molecule has 0 aliphatic rings. The van der Waals surface area contributed by atoms with E-state index in [2.05, 4.69) is 0 Å². The van der Waals surface area contributed by atoms with Crippen LogP contribution in [0.2, 0.25) is 0 Å². The van der Waals surface area contributed by atoms with Gasteiger partial charge in [-0.3, -0.25) is 0 Å². The Balaban J connectivity index is 0. The Kier molecular flexibility index (Phi) is 579. The maximum absolute atomic E-state index is 0. The van der Waals surface area contributed by atoms with E-state index in [0.29, 0.717) is 0 Å². The topological polar surface area (TPSA) is 0 Å². The molecule has 0 heterocycles. The van der Waals surface area contributed by atoms with Crippen molar-refractivity contribution in [3.05, 3.63) is 0 Å². The fraction of sp³-hybridized carbons (Fsp3) is 0. The normalized spacial score (nSPS) is 0. The van der Waals surface area contributed by atoms with Gasteiger partial charge in [-0.1, -0.05) is 0 Å². The molecule has 0 rings (SSSR count). The van der Waals surface area contributed by atoms with E-state index in [1.807, 2.05) is 0 Å². The SMILES string of the molecule is [CaH2].[Cd].[Co].[Cu].[Fe].[MgH2].[Mn].[Ni].[Zn]. The van der Waals surface area contributed by atoms with Crippen LogP contribution in [0.3, 0.4) is 0 Å². The zero-order chi connectivity index (χ0) is 0. The molecule has 9 heteroatoms. The Hall–Kier alpha value is 6.13. The fourth-order valence-electron chi connectivity index (χ4n) is 0. The van der Waals surface area contributed by atoms with Crippen LogP contribution in [-0.2, 0) is 131 Å². The Morgan fingerprint density at radius 2 is 1.00 bits per heavy atom. The first-order valence-electron chi connectivity index (χ1n) is 0. The molecule has 57 valence electrons. The van der Waals surface area contributed by atoms with Gasteiger partial charge < -0.3 is 0 Å². The predicted octanol–water partition coefficient (Wildman–Crippen LogP) is -1.85. The van der Waals surface area contributed by atoms with E-state index in [1.54, 1.807) is 0 Å². The van der Waals surface area contributed by atoms with Gasteiger partial charge in [0.1, 0.15) is 0 Å². The molecule has 0 unspecified atom stereocenters. The van der Waals surface area contributed by atoms with E-state index in [-0.39, 0.29) is 192 Å². The second-order valence-electron chi connectivity index (χ2n) is 0. The molecule has 0 amide bonds. The first kappa shape index (κ1) is 80.4. The molecule has 0 N–H and O–H groups in total. The van der Waals surface area contributed by atoms with Crippen LogP contribution >= 0.6 is 0 Å². The van der Waals surface area contributed by atoms with Crippen molar-refractivity contribution in [2.24, 2.45) is 0 Å². The van der Waals surface area contributed by atoms with Crippen LogP contribution in [0.4, 0.5) is 0 Å². The van der Waals surface area contributed by atoms with Crippen molar-refractivity contribution in [3.63, 3.8) is 0 Å². The number of rotatable bonds is 0. The summed E-state index contributed by atoms with van der Waals surface area (Å²) >= 11 is 0. The quantitative estimate of drug-likeness (QED) is 0.318. The predicted molar refractivity (Wildman–Crippen MR) is 17.1 cm³/mol. The zero-order valence-electron chi connectivity index (χ0n) is 3.10. The summed E-state index contributed by atoms with van der Waals surface area (Å²) in [5, 5.41) is 0. The number of hydrogen-bond acceptors (Lipinski definition) is 0. The minimum Gasteiger partial charge on any atom is 0 e. The summed E-state index contributed by atoms with van der Waals surface area (Å²) in [6, 6.07) is 0. The zero-order valence-corrected chi connectivity index (χ0v) is 15.4. The minimum atomic E-state index is 0. The van der Waals surface area contributed by atoms with Crippen molar-refractivity contribution >= 4 is 60.8 Å². The van der Waals surface area contributed by atoms with Crippen LogP contribution in [0, 0.1) is 0 Å². The van der Waals surface area contributed by atoms with Crippen LogP contribution in [-0.4, -0.2) is 60.8 Å². The summed E-state index contributed by atoms with van der Waals surface area (Å²) in [4.78, 5) is 0. The molecular weight excluding hydrogens is 534 g/mol. The van der Waals surface area contributed by atoms with Crippen LogP contribution < -0.4 is 0 Å². The molecule has 0 fully saturated rings. The monoisotopic (exact) mass is 536 g/mol. The van der Waals surface area contributed by atoms with E-state index in [1.165, 1.54) is 0 Å². The maximum atomic E-state index is 0. The maximum Gasteiger partial charge on any atom is 0.316 e. The Bertz CT molecular complexity index is 28.5. The molecule has 0 aliphatic carbocycles. The molecule has 0 saturated carbocycles. The van der Waals surface area contributed by atoms with E-state index >= 15 is 0 Å². The van der Waals surface area contributed by atoms with Gasteiger partial charge in [-0.25, -0.2) is 0 Å². The van der Waals surface area contributed by atoms with Crippen LogP contribution in [0.15, 0.2) is 0 Å². The van der Waals surface area contributed by atoms with Gasteiger partial charge in [0.2, 0.25) is 0 Å². The van der Waals surface area contributed by atoms with Crippen molar-refractivity contribution in [2.75, 3.05) is 0 Å². The molecule has 0 aromatic heterocycles. The Labute approximate surface area is 187 Å². The fourth-order valence-corrected chi connectivity index (χ4v) is 0. The summed E-state index contributed by atoms with van der Waals surface area (Å²) in [5.41, 5.74) is 0. The third-order valence-electron chi connectivity index (χ3n) is 0. The van der Waals surface area contributed by atoms with Crippen molar-refractivity contribution in [3.8, 4) is 0 Å². The van der Waals surface area contributed by atoms with E-state index < -0.39 is 0 Å². The van der Waals surface area contributed by atoms with Gasteiger partial charge in [0.25, 0.3) is 0 Å². The standard InChI is InChI=1S/Ca.Cd.Co.Cu.Fe.Mg.Mn.Ni.Zn.4H. The minimum absolute atomic E-state index is 0. The summed E-state index contributed by atoms with van der Waals surface area (Å²) in [5.74, 6) is 0. The summed E-state index contributed by atoms with van der Waals surface area (Å²) in [6.07, 6.45) is 0.